The first-order valence-electron chi connectivity index (χ1n) is 8.09. The second-order valence-corrected chi connectivity index (χ2v) is 5.50. The normalized spacial score (nSPS) is 10.6. The van der Waals surface area contributed by atoms with Crippen LogP contribution in [0.5, 0.6) is 0 Å². The quantitative estimate of drug-likeness (QED) is 0.411. The summed E-state index contributed by atoms with van der Waals surface area (Å²) in [7, 11) is 1.47. The maximum atomic E-state index is 12.5. The molecule has 28 heavy (non-hydrogen) atoms. The van der Waals surface area contributed by atoms with Gasteiger partial charge in [0.25, 0.3) is 11.8 Å². The molecular formula is C14H16N10O4. The summed E-state index contributed by atoms with van der Waals surface area (Å²) in [6.07, 6.45) is 4.25. The Labute approximate surface area is 157 Å². The molecule has 3 heterocycles. The van der Waals surface area contributed by atoms with Crippen molar-refractivity contribution in [2.45, 2.75) is 20.1 Å². The molecule has 14 heteroatoms. The van der Waals surface area contributed by atoms with Crippen LogP contribution in [0, 0.1) is 10.1 Å². The van der Waals surface area contributed by atoms with Crippen molar-refractivity contribution in [3.8, 4) is 0 Å². The summed E-state index contributed by atoms with van der Waals surface area (Å²) in [5.41, 5.74) is 0.432. The molecule has 2 amide bonds. The van der Waals surface area contributed by atoms with Gasteiger partial charge in [-0.15, -0.1) is 0 Å². The van der Waals surface area contributed by atoms with Crippen LogP contribution < -0.4 is 10.6 Å². The number of aryl methyl sites for hydroxylation is 1. The fourth-order valence-electron chi connectivity index (χ4n) is 2.29. The van der Waals surface area contributed by atoms with E-state index in [-0.39, 0.29) is 23.7 Å². The van der Waals surface area contributed by atoms with Gasteiger partial charge < -0.3 is 20.7 Å². The SMILES string of the molecule is CCn1cc(NC(=O)c2ccn(Cn3cnc([N+](=O)[O-])n3)n2)c(C(=O)NC)n1. The van der Waals surface area contributed by atoms with Crippen LogP contribution in [0.15, 0.2) is 24.8 Å². The Bertz CT molecular complexity index is 1030. The van der Waals surface area contributed by atoms with E-state index in [1.54, 1.807) is 6.20 Å². The highest BCUT2D eigenvalue weighted by molar-refractivity contribution is 6.07. The van der Waals surface area contributed by atoms with Gasteiger partial charge in [0.1, 0.15) is 0 Å². The van der Waals surface area contributed by atoms with E-state index in [1.807, 2.05) is 6.92 Å². The zero-order valence-electron chi connectivity index (χ0n) is 14.9. The van der Waals surface area contributed by atoms with Gasteiger partial charge >= 0.3 is 5.95 Å². The van der Waals surface area contributed by atoms with E-state index in [4.69, 9.17) is 0 Å². The van der Waals surface area contributed by atoms with Gasteiger partial charge in [-0.25, -0.2) is 4.68 Å². The lowest BCUT2D eigenvalue weighted by Gasteiger charge is -2.02. The zero-order chi connectivity index (χ0) is 20.3. The Morgan fingerprint density at radius 2 is 1.96 bits per heavy atom. The van der Waals surface area contributed by atoms with Crippen molar-refractivity contribution in [3.05, 3.63) is 46.3 Å². The smallest absolute Gasteiger partial charge is 0.390 e. The third-order valence-corrected chi connectivity index (χ3v) is 3.63. The molecule has 0 radical (unpaired) electrons. The number of carbonyl (C=O) groups excluding carboxylic acids is 2. The molecule has 0 aliphatic carbocycles. The Hall–Kier alpha value is -4.10. The Balaban J connectivity index is 1.73. The summed E-state index contributed by atoms with van der Waals surface area (Å²) in [4.78, 5) is 37.8. The topological polar surface area (TPSA) is 168 Å². The fourth-order valence-corrected chi connectivity index (χ4v) is 2.29. The van der Waals surface area contributed by atoms with Crippen molar-refractivity contribution < 1.29 is 14.5 Å². The van der Waals surface area contributed by atoms with E-state index in [0.29, 0.717) is 6.54 Å². The van der Waals surface area contributed by atoms with Gasteiger partial charge in [0, 0.05) is 31.1 Å². The number of nitrogens with zero attached hydrogens (tertiary/aromatic N) is 8. The average molecular weight is 388 g/mol. The molecule has 0 unspecified atom stereocenters. The van der Waals surface area contributed by atoms with Crippen molar-refractivity contribution in [2.75, 3.05) is 12.4 Å². The molecule has 0 spiro atoms. The fraction of sp³-hybridized carbons (Fsp3) is 0.286. The van der Waals surface area contributed by atoms with Crippen LogP contribution in [0.25, 0.3) is 0 Å². The number of nitro groups is 1. The molecule has 0 aromatic carbocycles. The first-order valence-corrected chi connectivity index (χ1v) is 8.09. The second-order valence-electron chi connectivity index (χ2n) is 5.50. The van der Waals surface area contributed by atoms with Gasteiger partial charge in [0.05, 0.1) is 5.69 Å². The standard InChI is InChI=1S/C14H16N10O4/c1-3-21-6-10(11(19-21)13(26)15-2)17-12(25)9-4-5-22(18-9)8-23-7-16-14(20-23)24(27)28/h4-7H,3,8H2,1-2H3,(H,15,26)(H,17,25). The van der Waals surface area contributed by atoms with E-state index in [1.165, 1.54) is 39.7 Å². The number of hydrogen-bond acceptors (Lipinski definition) is 8. The van der Waals surface area contributed by atoms with E-state index in [2.05, 4.69) is 30.9 Å². The number of anilines is 1. The number of nitrogens with one attached hydrogen (secondary N) is 2. The number of carbonyl (C=O) groups is 2. The molecule has 0 bridgehead atoms. The van der Waals surface area contributed by atoms with E-state index in [0.717, 1.165) is 0 Å². The minimum absolute atomic E-state index is 0.0331. The first kappa shape index (κ1) is 18.7. The van der Waals surface area contributed by atoms with Gasteiger partial charge in [-0.1, -0.05) is 4.98 Å². The molecule has 0 fully saturated rings. The van der Waals surface area contributed by atoms with Gasteiger partial charge in [0.15, 0.2) is 18.1 Å². The van der Waals surface area contributed by atoms with Crippen LogP contribution in [0.3, 0.4) is 0 Å². The predicted molar refractivity (Wildman–Crippen MR) is 93.5 cm³/mol. The summed E-state index contributed by atoms with van der Waals surface area (Å²) in [6, 6.07) is 1.46. The second kappa shape index (κ2) is 7.65. The van der Waals surface area contributed by atoms with Crippen LogP contribution in [-0.4, -0.2) is 58.1 Å². The molecule has 3 aromatic rings. The molecule has 3 rings (SSSR count). The Kier molecular flexibility index (Phi) is 5.10. The maximum absolute atomic E-state index is 12.5. The Morgan fingerprint density at radius 1 is 1.18 bits per heavy atom. The molecule has 0 saturated heterocycles. The van der Waals surface area contributed by atoms with E-state index < -0.39 is 22.7 Å². The molecule has 2 N–H and O–H groups in total. The third kappa shape index (κ3) is 3.84. The molecule has 0 atom stereocenters. The molecule has 0 saturated carbocycles. The van der Waals surface area contributed by atoms with E-state index in [9.17, 15) is 19.7 Å². The molecule has 0 aliphatic rings. The van der Waals surface area contributed by atoms with E-state index >= 15 is 0 Å². The van der Waals surface area contributed by atoms with Gasteiger partial charge in [-0.2, -0.15) is 14.9 Å². The number of hydrogen-bond donors (Lipinski definition) is 2. The van der Waals surface area contributed by atoms with Crippen LogP contribution in [0.4, 0.5) is 11.6 Å². The van der Waals surface area contributed by atoms with Gasteiger partial charge in [-0.3, -0.25) is 14.3 Å². The van der Waals surface area contributed by atoms with Crippen LogP contribution in [-0.2, 0) is 13.2 Å². The molecular weight excluding hydrogens is 372 g/mol. The summed E-state index contributed by atoms with van der Waals surface area (Å²) in [5, 5.41) is 27.6. The Morgan fingerprint density at radius 3 is 2.61 bits per heavy atom. The highest BCUT2D eigenvalue weighted by atomic mass is 16.6. The van der Waals surface area contributed by atoms with Crippen molar-refractivity contribution in [3.63, 3.8) is 0 Å². The van der Waals surface area contributed by atoms with Crippen LogP contribution >= 0.6 is 0 Å². The van der Waals surface area contributed by atoms with Crippen LogP contribution in [0.2, 0.25) is 0 Å². The third-order valence-electron chi connectivity index (χ3n) is 3.63. The summed E-state index contributed by atoms with van der Waals surface area (Å²) in [6.45, 7) is 2.41. The molecule has 146 valence electrons. The predicted octanol–water partition coefficient (Wildman–Crippen LogP) is -0.283. The average Bonchev–Trinajstić information content (AvgIpc) is 3.41. The molecule has 14 nitrogen and oxygen atoms in total. The van der Waals surface area contributed by atoms with Crippen LogP contribution in [0.1, 0.15) is 27.9 Å². The number of rotatable bonds is 7. The summed E-state index contributed by atoms with van der Waals surface area (Å²) >= 11 is 0. The van der Waals surface area contributed by atoms with Crippen molar-refractivity contribution in [1.82, 2.24) is 39.6 Å². The number of aromatic nitrogens is 7. The maximum Gasteiger partial charge on any atom is 0.491 e. The van der Waals surface area contributed by atoms with Crippen molar-refractivity contribution >= 4 is 23.5 Å². The molecule has 0 aliphatic heterocycles. The lowest BCUT2D eigenvalue weighted by molar-refractivity contribution is -0.394. The summed E-state index contributed by atoms with van der Waals surface area (Å²) < 4.78 is 4.10. The zero-order valence-corrected chi connectivity index (χ0v) is 14.9. The minimum atomic E-state index is -0.709. The van der Waals surface area contributed by atoms with Crippen molar-refractivity contribution in [2.24, 2.45) is 0 Å². The van der Waals surface area contributed by atoms with Gasteiger partial charge in [0.2, 0.25) is 6.33 Å². The van der Waals surface area contributed by atoms with Crippen molar-refractivity contribution in [1.29, 1.82) is 0 Å². The monoisotopic (exact) mass is 388 g/mol. The molecule has 3 aromatic heterocycles. The first-order chi connectivity index (χ1) is 13.4. The highest BCUT2D eigenvalue weighted by Gasteiger charge is 2.19. The lowest BCUT2D eigenvalue weighted by Crippen LogP contribution is -2.22. The summed E-state index contributed by atoms with van der Waals surface area (Å²) in [5.74, 6) is -1.50. The lowest BCUT2D eigenvalue weighted by atomic mass is 10.3. The van der Waals surface area contributed by atoms with Gasteiger partial charge in [-0.05, 0) is 17.9 Å². The minimum Gasteiger partial charge on any atom is -0.390 e. The highest BCUT2D eigenvalue weighted by Crippen LogP contribution is 2.15. The largest absolute Gasteiger partial charge is 0.491 e. The number of amides is 2.